The van der Waals surface area contributed by atoms with E-state index in [4.69, 9.17) is 4.74 Å². The highest BCUT2D eigenvalue weighted by atomic mass is 16.6. The van der Waals surface area contributed by atoms with Gasteiger partial charge in [0.15, 0.2) is 5.78 Å². The van der Waals surface area contributed by atoms with E-state index in [1.54, 1.807) is 0 Å². The number of hydrogen-bond acceptors (Lipinski definition) is 3. The minimum absolute atomic E-state index is 0.0289. The maximum Gasteiger partial charge on any atom is 0.313 e. The molecule has 0 radical (unpaired) electrons. The number of Topliss-reactive ketones (excluding diaryl/α,β-unsaturated/α-hetero) is 1. The number of rotatable bonds is 0. The van der Waals surface area contributed by atoms with Gasteiger partial charge in [-0.15, -0.1) is 0 Å². The third-order valence-electron chi connectivity index (χ3n) is 6.07. The molecule has 6 aliphatic rings. The molecule has 5 aliphatic carbocycles. The van der Waals surface area contributed by atoms with Crippen molar-refractivity contribution in [3.8, 4) is 0 Å². The third kappa shape index (κ3) is 0.799. The molecule has 1 saturated heterocycles. The first-order valence-electron chi connectivity index (χ1n) is 6.84. The summed E-state index contributed by atoms with van der Waals surface area (Å²) < 4.78 is 5.61. The Morgan fingerprint density at radius 3 is 2.72 bits per heavy atom. The van der Waals surface area contributed by atoms with Crippen LogP contribution in [0.2, 0.25) is 0 Å². The van der Waals surface area contributed by atoms with Gasteiger partial charge in [-0.3, -0.25) is 9.59 Å². The molecule has 5 bridgehead atoms. The Bertz CT molecular complexity index is 516. The number of allylic oxidation sites excluding steroid dienone is 2. The van der Waals surface area contributed by atoms with E-state index in [0.717, 1.165) is 18.4 Å². The Morgan fingerprint density at radius 1 is 1.33 bits per heavy atom. The highest BCUT2D eigenvalue weighted by Crippen LogP contribution is 2.79. The van der Waals surface area contributed by atoms with Crippen molar-refractivity contribution in [2.45, 2.75) is 39.7 Å². The van der Waals surface area contributed by atoms with E-state index in [2.05, 4.69) is 13.8 Å². The van der Waals surface area contributed by atoms with Crippen molar-refractivity contribution in [2.75, 3.05) is 0 Å². The number of ketones is 1. The molecule has 0 amide bonds. The second-order valence-electron chi connectivity index (χ2n) is 7.01. The van der Waals surface area contributed by atoms with Crippen molar-refractivity contribution in [3.05, 3.63) is 11.6 Å². The number of carbonyl (C=O) groups is 2. The number of fused-ring (bicyclic) bond motifs is 3. The zero-order valence-corrected chi connectivity index (χ0v) is 11.0. The Labute approximate surface area is 107 Å². The predicted octanol–water partition coefficient (Wildman–Crippen LogP) is 2.11. The van der Waals surface area contributed by atoms with Gasteiger partial charge in [-0.05, 0) is 31.3 Å². The van der Waals surface area contributed by atoms with Crippen LogP contribution in [0.1, 0.15) is 33.6 Å². The van der Waals surface area contributed by atoms with Crippen molar-refractivity contribution >= 4 is 11.8 Å². The Hall–Kier alpha value is -1.12. The van der Waals surface area contributed by atoms with Crippen molar-refractivity contribution in [1.29, 1.82) is 0 Å². The summed E-state index contributed by atoms with van der Waals surface area (Å²) in [4.78, 5) is 24.7. The first-order valence-corrected chi connectivity index (χ1v) is 6.84. The quantitative estimate of drug-likeness (QED) is 0.615. The molecule has 1 heterocycles. The smallest absolute Gasteiger partial charge is 0.313 e. The molecule has 18 heavy (non-hydrogen) atoms. The summed E-state index contributed by atoms with van der Waals surface area (Å²) in [5.41, 5.74) is 0.525. The van der Waals surface area contributed by atoms with Gasteiger partial charge >= 0.3 is 5.97 Å². The van der Waals surface area contributed by atoms with Gasteiger partial charge in [0.1, 0.15) is 6.10 Å². The summed E-state index contributed by atoms with van der Waals surface area (Å²) >= 11 is 0. The van der Waals surface area contributed by atoms with Gasteiger partial charge in [-0.2, -0.15) is 0 Å². The molecule has 5 unspecified atom stereocenters. The van der Waals surface area contributed by atoms with E-state index in [0.29, 0.717) is 0 Å². The molecule has 3 nitrogen and oxygen atoms in total. The summed E-state index contributed by atoms with van der Waals surface area (Å²) in [6, 6.07) is 0. The molecule has 0 aromatic rings. The lowest BCUT2D eigenvalue weighted by Gasteiger charge is -2.53. The third-order valence-corrected chi connectivity index (χ3v) is 6.07. The Balaban J connectivity index is 1.91. The molecular weight excluding hydrogens is 228 g/mol. The number of carbonyl (C=O) groups excluding carboxylic acids is 2. The SMILES string of the molecule is C/C1=C/CCC23C(=O)OC4C2C(C1=O)C3C4(C)C. The summed E-state index contributed by atoms with van der Waals surface area (Å²) in [5, 5.41) is 0. The molecule has 1 spiro atoms. The maximum absolute atomic E-state index is 12.5. The first kappa shape index (κ1) is 10.8. The summed E-state index contributed by atoms with van der Waals surface area (Å²) in [6.07, 6.45) is 3.66. The highest BCUT2D eigenvalue weighted by Gasteiger charge is 2.86. The van der Waals surface area contributed by atoms with Gasteiger partial charge in [-0.1, -0.05) is 19.9 Å². The Morgan fingerprint density at radius 2 is 2.06 bits per heavy atom. The van der Waals surface area contributed by atoms with Crippen LogP contribution in [0.15, 0.2) is 11.6 Å². The van der Waals surface area contributed by atoms with E-state index in [-0.39, 0.29) is 46.4 Å². The minimum atomic E-state index is -0.328. The molecule has 1 aliphatic heterocycles. The van der Waals surface area contributed by atoms with Gasteiger partial charge in [-0.25, -0.2) is 0 Å². The van der Waals surface area contributed by atoms with Crippen molar-refractivity contribution in [3.63, 3.8) is 0 Å². The maximum atomic E-state index is 12.5. The monoisotopic (exact) mass is 246 g/mol. The molecule has 0 aromatic carbocycles. The molecular formula is C15H18O3. The second-order valence-corrected chi connectivity index (χ2v) is 7.01. The van der Waals surface area contributed by atoms with Crippen LogP contribution in [-0.4, -0.2) is 17.9 Å². The van der Waals surface area contributed by atoms with E-state index in [1.807, 2.05) is 13.0 Å². The van der Waals surface area contributed by atoms with Crippen LogP contribution in [0.4, 0.5) is 0 Å². The summed E-state index contributed by atoms with van der Waals surface area (Å²) in [7, 11) is 0. The van der Waals surface area contributed by atoms with E-state index in [1.165, 1.54) is 0 Å². The van der Waals surface area contributed by atoms with E-state index in [9.17, 15) is 9.59 Å². The lowest BCUT2D eigenvalue weighted by atomic mass is 9.46. The van der Waals surface area contributed by atoms with Gasteiger partial charge < -0.3 is 4.74 Å². The molecule has 0 N–H and O–H groups in total. The normalized spacial score (nSPS) is 54.1. The second kappa shape index (κ2) is 2.73. The van der Waals surface area contributed by atoms with Crippen LogP contribution >= 0.6 is 0 Å². The molecule has 3 heteroatoms. The van der Waals surface area contributed by atoms with Gasteiger partial charge in [0.25, 0.3) is 0 Å². The van der Waals surface area contributed by atoms with Crippen molar-refractivity contribution in [2.24, 2.45) is 28.6 Å². The van der Waals surface area contributed by atoms with Crippen molar-refractivity contribution < 1.29 is 14.3 Å². The fourth-order valence-electron chi connectivity index (χ4n) is 5.50. The molecule has 5 atom stereocenters. The lowest BCUT2D eigenvalue weighted by Crippen LogP contribution is -2.59. The molecule has 3 saturated carbocycles. The van der Waals surface area contributed by atoms with Crippen LogP contribution in [0, 0.1) is 28.6 Å². The van der Waals surface area contributed by atoms with Gasteiger partial charge in [0, 0.05) is 17.3 Å². The van der Waals surface area contributed by atoms with Crippen LogP contribution in [-0.2, 0) is 14.3 Å². The van der Waals surface area contributed by atoms with E-state index < -0.39 is 0 Å². The average molecular weight is 246 g/mol. The highest BCUT2D eigenvalue weighted by molar-refractivity contribution is 6.01. The molecule has 4 fully saturated rings. The Kier molecular flexibility index (Phi) is 1.63. The average Bonchev–Trinajstić information content (AvgIpc) is 2.69. The van der Waals surface area contributed by atoms with Gasteiger partial charge in [0.2, 0.25) is 0 Å². The summed E-state index contributed by atoms with van der Waals surface area (Å²) in [5.74, 6) is 0.625. The predicted molar refractivity (Wildman–Crippen MR) is 64.6 cm³/mol. The molecule has 96 valence electrons. The topological polar surface area (TPSA) is 43.4 Å². The van der Waals surface area contributed by atoms with Crippen LogP contribution < -0.4 is 0 Å². The first-order chi connectivity index (χ1) is 8.42. The molecule has 0 aromatic heterocycles. The van der Waals surface area contributed by atoms with Crippen LogP contribution in [0.5, 0.6) is 0 Å². The zero-order chi connectivity index (χ0) is 12.9. The minimum Gasteiger partial charge on any atom is -0.461 e. The number of hydrogen-bond donors (Lipinski definition) is 0. The summed E-state index contributed by atoms with van der Waals surface area (Å²) in [6.45, 7) is 6.24. The van der Waals surface area contributed by atoms with Crippen LogP contribution in [0.3, 0.4) is 0 Å². The van der Waals surface area contributed by atoms with E-state index >= 15 is 0 Å². The standard InChI is InChI=1S/C15H18O3/c1-7-5-4-6-15-9-8(10(7)16)11(15)14(2,3)12(9)18-13(15)17/h5,8-9,11-12H,4,6H2,1-3H3/b7-5-. The molecule has 6 rings (SSSR count). The number of ether oxygens (including phenoxy) is 1. The fourth-order valence-corrected chi connectivity index (χ4v) is 5.50. The number of esters is 1. The zero-order valence-electron chi connectivity index (χ0n) is 11.0. The fraction of sp³-hybridized carbons (Fsp3) is 0.733. The van der Waals surface area contributed by atoms with Crippen molar-refractivity contribution in [1.82, 2.24) is 0 Å². The lowest BCUT2D eigenvalue weighted by molar-refractivity contribution is -0.180. The largest absolute Gasteiger partial charge is 0.461 e. The van der Waals surface area contributed by atoms with Crippen LogP contribution in [0.25, 0.3) is 0 Å². The van der Waals surface area contributed by atoms with Gasteiger partial charge in [0.05, 0.1) is 5.41 Å².